The predicted molar refractivity (Wildman–Crippen MR) is 80.7 cm³/mol. The van der Waals surface area contributed by atoms with Crippen molar-refractivity contribution in [1.82, 2.24) is 20.2 Å². The van der Waals surface area contributed by atoms with Gasteiger partial charge in [0, 0.05) is 6.54 Å². The fraction of sp³-hybridized carbons (Fsp3) is 0.750. The third kappa shape index (κ3) is 3.72. The minimum atomic E-state index is -3.48. The van der Waals surface area contributed by atoms with E-state index in [-0.39, 0.29) is 22.7 Å². The molecule has 1 aliphatic rings. The van der Waals surface area contributed by atoms with E-state index in [0.29, 0.717) is 17.9 Å². The van der Waals surface area contributed by atoms with Gasteiger partial charge in [-0.05, 0) is 45.2 Å². The zero-order valence-corrected chi connectivity index (χ0v) is 13.7. The lowest BCUT2D eigenvalue weighted by Crippen LogP contribution is -2.43. The summed E-state index contributed by atoms with van der Waals surface area (Å²) in [5, 5.41) is 9.94. The quantitative estimate of drug-likeness (QED) is 0.775. The molecule has 3 N–H and O–H groups in total. The van der Waals surface area contributed by atoms with Crippen molar-refractivity contribution >= 4 is 22.4 Å². The van der Waals surface area contributed by atoms with E-state index < -0.39 is 10.0 Å². The number of sulfonamides is 1. The number of rotatable bonds is 4. The highest BCUT2D eigenvalue weighted by molar-refractivity contribution is 7.89. The number of hydrogen-bond donors (Lipinski definition) is 3. The summed E-state index contributed by atoms with van der Waals surface area (Å²) < 4.78 is 27.4. The Morgan fingerprint density at radius 3 is 2.40 bits per heavy atom. The molecule has 1 fully saturated rings. The number of aromatic amines is 1. The van der Waals surface area contributed by atoms with Crippen LogP contribution in [0.15, 0.2) is 4.90 Å². The predicted octanol–water partition coefficient (Wildman–Crippen LogP) is 1.12. The standard InChI is InChI=1S/C12H22N4O2S.ClH/c1-9-11(10(2)16-15-9)19(17,18)14-8-12(3)4-6-13-7-5-12;/h13-14H,4-8H2,1-3H3,(H,15,16);1H. The van der Waals surface area contributed by atoms with Crippen LogP contribution in [0.1, 0.15) is 31.2 Å². The highest BCUT2D eigenvalue weighted by atomic mass is 35.5. The highest BCUT2D eigenvalue weighted by Crippen LogP contribution is 2.27. The monoisotopic (exact) mass is 322 g/mol. The number of nitrogens with zero attached hydrogens (tertiary/aromatic N) is 1. The molecule has 2 rings (SSSR count). The molecule has 1 aliphatic heterocycles. The molecule has 0 bridgehead atoms. The first-order valence-corrected chi connectivity index (χ1v) is 8.04. The van der Waals surface area contributed by atoms with Crippen molar-refractivity contribution in [1.29, 1.82) is 0 Å². The largest absolute Gasteiger partial charge is 0.317 e. The van der Waals surface area contributed by atoms with Gasteiger partial charge in [0.05, 0.1) is 11.4 Å². The first kappa shape index (κ1) is 17.4. The number of H-pyrrole nitrogens is 1. The molecule has 0 aliphatic carbocycles. The van der Waals surface area contributed by atoms with E-state index in [2.05, 4.69) is 27.2 Å². The van der Waals surface area contributed by atoms with E-state index in [4.69, 9.17) is 0 Å². The molecule has 6 nitrogen and oxygen atoms in total. The Morgan fingerprint density at radius 1 is 1.30 bits per heavy atom. The number of aromatic nitrogens is 2. The zero-order chi connectivity index (χ0) is 14.1. The van der Waals surface area contributed by atoms with Crippen molar-refractivity contribution in [2.45, 2.75) is 38.5 Å². The molecule has 0 saturated carbocycles. The molecule has 1 aromatic rings. The number of hydrogen-bond acceptors (Lipinski definition) is 4. The van der Waals surface area contributed by atoms with Gasteiger partial charge in [0.2, 0.25) is 10.0 Å². The second-order valence-electron chi connectivity index (χ2n) is 5.65. The van der Waals surface area contributed by atoms with E-state index in [1.54, 1.807) is 13.8 Å². The maximum Gasteiger partial charge on any atom is 0.244 e. The first-order valence-electron chi connectivity index (χ1n) is 6.56. The molecule has 0 aromatic carbocycles. The van der Waals surface area contributed by atoms with Crippen LogP contribution < -0.4 is 10.0 Å². The summed E-state index contributed by atoms with van der Waals surface area (Å²) >= 11 is 0. The molecule has 1 saturated heterocycles. The van der Waals surface area contributed by atoms with Crippen LogP contribution in [0, 0.1) is 19.3 Å². The fourth-order valence-electron chi connectivity index (χ4n) is 2.49. The lowest BCUT2D eigenvalue weighted by atomic mass is 9.81. The van der Waals surface area contributed by atoms with Crippen LogP contribution >= 0.6 is 12.4 Å². The van der Waals surface area contributed by atoms with Gasteiger partial charge in [-0.15, -0.1) is 12.4 Å². The van der Waals surface area contributed by atoms with Crippen LogP contribution in [0.2, 0.25) is 0 Å². The molecule has 20 heavy (non-hydrogen) atoms. The third-order valence-electron chi connectivity index (χ3n) is 3.83. The molecule has 116 valence electrons. The summed E-state index contributed by atoms with van der Waals surface area (Å²) in [6.45, 7) is 7.92. The molecule has 0 amide bonds. The number of piperidine rings is 1. The van der Waals surface area contributed by atoms with Crippen LogP contribution in [0.25, 0.3) is 0 Å². The SMILES string of the molecule is Cc1n[nH]c(C)c1S(=O)(=O)NCC1(C)CCNCC1.Cl. The summed E-state index contributed by atoms with van der Waals surface area (Å²) in [5.41, 5.74) is 1.13. The van der Waals surface area contributed by atoms with E-state index in [9.17, 15) is 8.42 Å². The van der Waals surface area contributed by atoms with Crippen molar-refractivity contribution in [2.24, 2.45) is 5.41 Å². The van der Waals surface area contributed by atoms with Crippen LogP contribution in [-0.4, -0.2) is 38.2 Å². The van der Waals surface area contributed by atoms with Gasteiger partial charge >= 0.3 is 0 Å². The fourth-order valence-corrected chi connectivity index (χ4v) is 4.05. The third-order valence-corrected chi connectivity index (χ3v) is 5.49. The normalized spacial score (nSPS) is 18.6. The molecule has 0 radical (unpaired) electrons. The average molecular weight is 323 g/mol. The Hall–Kier alpha value is -0.630. The Kier molecular flexibility index (Phi) is 5.60. The lowest BCUT2D eigenvalue weighted by Gasteiger charge is -2.34. The van der Waals surface area contributed by atoms with Gasteiger partial charge in [-0.2, -0.15) is 5.10 Å². The smallest absolute Gasteiger partial charge is 0.244 e. The van der Waals surface area contributed by atoms with Gasteiger partial charge in [0.25, 0.3) is 0 Å². The molecule has 2 heterocycles. The second-order valence-corrected chi connectivity index (χ2v) is 7.35. The van der Waals surface area contributed by atoms with Crippen molar-refractivity contribution in [2.75, 3.05) is 19.6 Å². The van der Waals surface area contributed by atoms with Crippen LogP contribution in [0.3, 0.4) is 0 Å². The van der Waals surface area contributed by atoms with Gasteiger partial charge in [-0.1, -0.05) is 6.92 Å². The molecular formula is C12H23ClN4O2S. The zero-order valence-electron chi connectivity index (χ0n) is 12.1. The maximum absolute atomic E-state index is 12.3. The lowest BCUT2D eigenvalue weighted by molar-refractivity contribution is 0.232. The van der Waals surface area contributed by atoms with E-state index in [0.717, 1.165) is 25.9 Å². The molecule has 8 heteroatoms. The number of nitrogens with one attached hydrogen (secondary N) is 3. The van der Waals surface area contributed by atoms with Crippen molar-refractivity contribution < 1.29 is 8.42 Å². The summed E-state index contributed by atoms with van der Waals surface area (Å²) in [6, 6.07) is 0. The topological polar surface area (TPSA) is 86.9 Å². The summed E-state index contributed by atoms with van der Waals surface area (Å²) in [4.78, 5) is 0.282. The Labute approximate surface area is 126 Å². The second kappa shape index (κ2) is 6.43. The Bertz CT molecular complexity index is 530. The van der Waals surface area contributed by atoms with Crippen LogP contribution in [-0.2, 0) is 10.0 Å². The first-order chi connectivity index (χ1) is 8.84. The Morgan fingerprint density at radius 2 is 1.90 bits per heavy atom. The molecule has 0 unspecified atom stereocenters. The highest BCUT2D eigenvalue weighted by Gasteiger charge is 2.30. The van der Waals surface area contributed by atoms with E-state index in [1.165, 1.54) is 0 Å². The van der Waals surface area contributed by atoms with Gasteiger partial charge in [-0.3, -0.25) is 5.10 Å². The van der Waals surface area contributed by atoms with Crippen LogP contribution in [0.4, 0.5) is 0 Å². The van der Waals surface area contributed by atoms with Gasteiger partial charge in [-0.25, -0.2) is 13.1 Å². The van der Waals surface area contributed by atoms with Gasteiger partial charge in [0.15, 0.2) is 0 Å². The molecular weight excluding hydrogens is 300 g/mol. The molecule has 1 aromatic heterocycles. The minimum absolute atomic E-state index is 0. The molecule has 0 atom stereocenters. The van der Waals surface area contributed by atoms with Crippen molar-refractivity contribution in [3.05, 3.63) is 11.4 Å². The van der Waals surface area contributed by atoms with E-state index in [1.807, 2.05) is 0 Å². The maximum atomic E-state index is 12.3. The van der Waals surface area contributed by atoms with Crippen molar-refractivity contribution in [3.63, 3.8) is 0 Å². The average Bonchev–Trinajstić information content (AvgIpc) is 2.68. The Balaban J connectivity index is 0.00000200. The number of halogens is 1. The summed E-state index contributed by atoms with van der Waals surface area (Å²) in [7, 11) is -3.48. The minimum Gasteiger partial charge on any atom is -0.317 e. The van der Waals surface area contributed by atoms with Crippen LogP contribution in [0.5, 0.6) is 0 Å². The summed E-state index contributed by atoms with van der Waals surface area (Å²) in [5.74, 6) is 0. The summed E-state index contributed by atoms with van der Waals surface area (Å²) in [6.07, 6.45) is 1.97. The van der Waals surface area contributed by atoms with Gasteiger partial charge in [0.1, 0.15) is 4.90 Å². The van der Waals surface area contributed by atoms with E-state index >= 15 is 0 Å². The van der Waals surface area contributed by atoms with Gasteiger partial charge < -0.3 is 5.32 Å². The van der Waals surface area contributed by atoms with Crippen molar-refractivity contribution in [3.8, 4) is 0 Å². The molecule has 0 spiro atoms. The number of aryl methyl sites for hydroxylation is 2.